The van der Waals surface area contributed by atoms with E-state index >= 15 is 0 Å². The van der Waals surface area contributed by atoms with Crippen molar-refractivity contribution in [1.82, 2.24) is 0 Å². The highest BCUT2D eigenvalue weighted by Crippen LogP contribution is 2.34. The summed E-state index contributed by atoms with van der Waals surface area (Å²) in [4.78, 5) is 0.377. The molecule has 0 aliphatic rings. The number of thioether (sulfide) groups is 1. The van der Waals surface area contributed by atoms with Gasteiger partial charge < -0.3 is 15.9 Å². The normalized spacial score (nSPS) is 9.67. The van der Waals surface area contributed by atoms with Crippen LogP contribution in [0.2, 0.25) is 0 Å². The number of benzene rings is 1. The fourth-order valence-electron chi connectivity index (χ4n) is 0.712. The van der Waals surface area contributed by atoms with Crippen molar-refractivity contribution in [1.29, 1.82) is 5.41 Å². The summed E-state index contributed by atoms with van der Waals surface area (Å²) in [6.45, 7) is 0. The molecule has 0 aromatic heterocycles. The van der Waals surface area contributed by atoms with Gasteiger partial charge in [0.2, 0.25) is 0 Å². The number of amidine groups is 1. The zero-order valence-corrected chi connectivity index (χ0v) is 6.93. The van der Waals surface area contributed by atoms with Crippen LogP contribution in [0.25, 0.3) is 0 Å². The van der Waals surface area contributed by atoms with Gasteiger partial charge >= 0.3 is 0 Å². The van der Waals surface area contributed by atoms with E-state index in [4.69, 9.17) is 16.2 Å². The lowest BCUT2D eigenvalue weighted by atomic mass is 10.3. The third kappa shape index (κ3) is 1.82. The highest BCUT2D eigenvalue weighted by Gasteiger charge is 2.06. The molecule has 64 valence electrons. The highest BCUT2D eigenvalue weighted by atomic mass is 32.2. The largest absolute Gasteiger partial charge is 0.504 e. The topological polar surface area (TPSA) is 90.3 Å². The molecule has 0 aliphatic heterocycles. The van der Waals surface area contributed by atoms with Gasteiger partial charge in [0.25, 0.3) is 0 Å². The van der Waals surface area contributed by atoms with Crippen molar-refractivity contribution in [3.8, 4) is 11.5 Å². The third-order valence-corrected chi connectivity index (χ3v) is 1.97. The van der Waals surface area contributed by atoms with Crippen LogP contribution in [0.3, 0.4) is 0 Å². The van der Waals surface area contributed by atoms with E-state index < -0.39 is 0 Å². The molecule has 0 atom stereocenters. The van der Waals surface area contributed by atoms with E-state index in [9.17, 15) is 5.11 Å². The van der Waals surface area contributed by atoms with Crippen molar-refractivity contribution in [2.45, 2.75) is 4.90 Å². The average Bonchev–Trinajstić information content (AvgIpc) is 1.98. The van der Waals surface area contributed by atoms with Crippen LogP contribution in [0, 0.1) is 5.41 Å². The van der Waals surface area contributed by atoms with E-state index in [0.717, 1.165) is 11.8 Å². The number of aromatic hydroxyl groups is 2. The molecule has 1 rings (SSSR count). The van der Waals surface area contributed by atoms with E-state index in [-0.39, 0.29) is 16.7 Å². The van der Waals surface area contributed by atoms with E-state index in [1.165, 1.54) is 6.07 Å². The van der Waals surface area contributed by atoms with Crippen LogP contribution in [0.15, 0.2) is 23.1 Å². The smallest absolute Gasteiger partial charge is 0.171 e. The predicted octanol–water partition coefficient (Wildman–Crippen LogP) is 1.08. The summed E-state index contributed by atoms with van der Waals surface area (Å²) in [6, 6.07) is 4.50. The fraction of sp³-hybridized carbons (Fsp3) is 0. The van der Waals surface area contributed by atoms with Crippen LogP contribution in [0.5, 0.6) is 11.5 Å². The van der Waals surface area contributed by atoms with Crippen molar-refractivity contribution in [2.75, 3.05) is 0 Å². The number of para-hydroxylation sites is 1. The van der Waals surface area contributed by atoms with Gasteiger partial charge in [-0.3, -0.25) is 5.41 Å². The molecule has 0 radical (unpaired) electrons. The van der Waals surface area contributed by atoms with E-state index in [1.54, 1.807) is 12.1 Å². The Hall–Kier alpha value is -1.36. The number of hydrogen-bond acceptors (Lipinski definition) is 4. The molecule has 4 nitrogen and oxygen atoms in total. The van der Waals surface area contributed by atoms with Crippen LogP contribution in [-0.2, 0) is 0 Å². The Labute approximate surface area is 73.5 Å². The number of nitrogens with one attached hydrogen (secondary N) is 1. The first-order valence-corrected chi connectivity index (χ1v) is 3.95. The van der Waals surface area contributed by atoms with Gasteiger partial charge in [-0.2, -0.15) is 0 Å². The maximum Gasteiger partial charge on any atom is 0.171 e. The first-order chi connectivity index (χ1) is 5.61. The zero-order chi connectivity index (χ0) is 9.14. The lowest BCUT2D eigenvalue weighted by Gasteiger charge is -2.02. The number of rotatable bonds is 1. The Balaban J connectivity index is 3.00. The molecule has 0 bridgehead atoms. The van der Waals surface area contributed by atoms with Crippen LogP contribution >= 0.6 is 11.8 Å². The van der Waals surface area contributed by atoms with Gasteiger partial charge in [0.05, 0.1) is 4.90 Å². The molecule has 12 heavy (non-hydrogen) atoms. The molecule has 1 aromatic carbocycles. The first-order valence-electron chi connectivity index (χ1n) is 3.14. The summed E-state index contributed by atoms with van der Waals surface area (Å²) in [7, 11) is 0. The van der Waals surface area contributed by atoms with Crippen LogP contribution in [0.1, 0.15) is 0 Å². The molecule has 0 spiro atoms. The number of phenolic OH excluding ortho intramolecular Hbond substituents is 2. The molecule has 0 aliphatic carbocycles. The van der Waals surface area contributed by atoms with Gasteiger partial charge in [-0.05, 0) is 23.9 Å². The monoisotopic (exact) mass is 184 g/mol. The highest BCUT2D eigenvalue weighted by molar-refractivity contribution is 8.13. The Morgan fingerprint density at radius 1 is 1.42 bits per heavy atom. The molecule has 0 amide bonds. The molecule has 5 heteroatoms. The minimum absolute atomic E-state index is 0.129. The van der Waals surface area contributed by atoms with E-state index in [1.807, 2.05) is 0 Å². The molecule has 1 aromatic rings. The zero-order valence-electron chi connectivity index (χ0n) is 6.11. The molecule has 0 unspecified atom stereocenters. The number of hydrogen-bond donors (Lipinski definition) is 4. The van der Waals surface area contributed by atoms with Gasteiger partial charge in [0, 0.05) is 0 Å². The summed E-state index contributed by atoms with van der Waals surface area (Å²) < 4.78 is 0. The SMILES string of the molecule is N=C(N)Sc1cccc(O)c1O. The lowest BCUT2D eigenvalue weighted by Crippen LogP contribution is -2.02. The molecule has 0 saturated heterocycles. The lowest BCUT2D eigenvalue weighted by molar-refractivity contribution is 0.395. The van der Waals surface area contributed by atoms with Crippen molar-refractivity contribution < 1.29 is 10.2 Å². The van der Waals surface area contributed by atoms with E-state index in [0.29, 0.717) is 4.90 Å². The van der Waals surface area contributed by atoms with Gasteiger partial charge in [-0.25, -0.2) is 0 Å². The Morgan fingerprint density at radius 3 is 2.67 bits per heavy atom. The maximum atomic E-state index is 9.22. The van der Waals surface area contributed by atoms with Crippen LogP contribution in [-0.4, -0.2) is 15.4 Å². The van der Waals surface area contributed by atoms with Crippen molar-refractivity contribution in [2.24, 2.45) is 5.73 Å². The average molecular weight is 184 g/mol. The molecule has 0 fully saturated rings. The Morgan fingerprint density at radius 2 is 2.08 bits per heavy atom. The van der Waals surface area contributed by atoms with Gasteiger partial charge in [0.15, 0.2) is 16.7 Å². The Kier molecular flexibility index (Phi) is 2.44. The molecular weight excluding hydrogens is 176 g/mol. The van der Waals surface area contributed by atoms with Gasteiger partial charge in [-0.15, -0.1) is 0 Å². The summed E-state index contributed by atoms with van der Waals surface area (Å²) in [5.74, 6) is -0.445. The number of phenols is 2. The second-order valence-corrected chi connectivity index (χ2v) is 3.17. The molecule has 5 N–H and O–H groups in total. The third-order valence-electron chi connectivity index (χ3n) is 1.20. The van der Waals surface area contributed by atoms with Gasteiger partial charge in [0.1, 0.15) is 0 Å². The number of nitrogens with two attached hydrogens (primary N) is 1. The molecular formula is C7H8N2O2S. The molecule has 0 saturated carbocycles. The van der Waals surface area contributed by atoms with Crippen molar-refractivity contribution in [3.63, 3.8) is 0 Å². The Bertz CT molecular complexity index is 314. The fourth-order valence-corrected chi connectivity index (χ4v) is 1.30. The van der Waals surface area contributed by atoms with Crippen LogP contribution < -0.4 is 5.73 Å². The first kappa shape index (κ1) is 8.73. The summed E-state index contributed by atoms with van der Waals surface area (Å²) in [5.41, 5.74) is 5.10. The standard InChI is InChI=1S/C7H8N2O2S/c8-7(9)12-5-3-1-2-4(10)6(5)11/h1-3,10-11H,(H3,8,9). The van der Waals surface area contributed by atoms with E-state index in [2.05, 4.69) is 0 Å². The quantitative estimate of drug-likeness (QED) is 0.227. The second-order valence-electron chi connectivity index (χ2n) is 2.09. The maximum absolute atomic E-state index is 9.22. The predicted molar refractivity (Wildman–Crippen MR) is 47.5 cm³/mol. The minimum Gasteiger partial charge on any atom is -0.504 e. The van der Waals surface area contributed by atoms with Crippen molar-refractivity contribution >= 4 is 16.9 Å². The summed E-state index contributed by atoms with van der Waals surface area (Å²) in [5, 5.41) is 25.1. The van der Waals surface area contributed by atoms with Crippen LogP contribution in [0.4, 0.5) is 0 Å². The summed E-state index contributed by atoms with van der Waals surface area (Å²) in [6.07, 6.45) is 0. The molecule has 0 heterocycles. The second kappa shape index (κ2) is 3.36. The minimum atomic E-state index is -0.238. The van der Waals surface area contributed by atoms with Crippen molar-refractivity contribution in [3.05, 3.63) is 18.2 Å². The summed E-state index contributed by atoms with van der Waals surface area (Å²) >= 11 is 0.890. The van der Waals surface area contributed by atoms with Gasteiger partial charge in [-0.1, -0.05) is 6.07 Å².